The van der Waals surface area contributed by atoms with Crippen LogP contribution < -0.4 is 4.72 Å². The zero-order chi connectivity index (χ0) is 16.4. The summed E-state index contributed by atoms with van der Waals surface area (Å²) in [6.45, 7) is 1.26. The molecule has 1 aromatic heterocycles. The lowest BCUT2D eigenvalue weighted by Gasteiger charge is -2.22. The summed E-state index contributed by atoms with van der Waals surface area (Å²) in [6.07, 6.45) is 4.49. The van der Waals surface area contributed by atoms with E-state index in [2.05, 4.69) is 9.82 Å². The number of anilines is 1. The van der Waals surface area contributed by atoms with Gasteiger partial charge in [0.05, 0.1) is 17.9 Å². The molecule has 23 heavy (non-hydrogen) atoms. The molecule has 1 aliphatic rings. The summed E-state index contributed by atoms with van der Waals surface area (Å²) in [4.78, 5) is -0.613. The average molecular weight is 343 g/mol. The minimum absolute atomic E-state index is 0.143. The molecule has 1 saturated heterocycles. The SMILES string of the molecule is O=S(=O)(Nc1cnn(C2CCOCC2)c1)c1ccc(F)cc1F. The van der Waals surface area contributed by atoms with E-state index in [1.807, 2.05) is 0 Å². The molecule has 2 heterocycles. The number of hydrogen-bond donors (Lipinski definition) is 1. The van der Waals surface area contributed by atoms with E-state index in [4.69, 9.17) is 4.74 Å². The minimum Gasteiger partial charge on any atom is -0.381 e. The fourth-order valence-electron chi connectivity index (χ4n) is 2.44. The lowest BCUT2D eigenvalue weighted by atomic mass is 10.1. The third-order valence-electron chi connectivity index (χ3n) is 3.60. The summed E-state index contributed by atoms with van der Waals surface area (Å²) in [6, 6.07) is 2.45. The summed E-state index contributed by atoms with van der Waals surface area (Å²) in [5, 5.41) is 4.13. The first-order chi connectivity index (χ1) is 11.0. The highest BCUT2D eigenvalue weighted by Gasteiger charge is 2.22. The second-order valence-electron chi connectivity index (χ2n) is 5.23. The van der Waals surface area contributed by atoms with Crippen LogP contribution in [0.4, 0.5) is 14.5 Å². The zero-order valence-electron chi connectivity index (χ0n) is 12.1. The number of benzene rings is 1. The predicted molar refractivity (Wildman–Crippen MR) is 78.5 cm³/mol. The van der Waals surface area contributed by atoms with Gasteiger partial charge in [-0.25, -0.2) is 17.2 Å². The van der Waals surface area contributed by atoms with E-state index in [1.54, 1.807) is 10.9 Å². The highest BCUT2D eigenvalue weighted by molar-refractivity contribution is 7.92. The fraction of sp³-hybridized carbons (Fsp3) is 0.357. The van der Waals surface area contributed by atoms with Gasteiger partial charge in [-0.1, -0.05) is 0 Å². The highest BCUT2D eigenvalue weighted by Crippen LogP contribution is 2.23. The Morgan fingerprint density at radius 3 is 2.70 bits per heavy atom. The fourth-order valence-corrected chi connectivity index (χ4v) is 3.53. The normalized spacial score (nSPS) is 16.4. The second kappa shape index (κ2) is 6.25. The zero-order valence-corrected chi connectivity index (χ0v) is 12.9. The summed E-state index contributed by atoms with van der Waals surface area (Å²) < 4.78 is 60.1. The minimum atomic E-state index is -4.15. The van der Waals surface area contributed by atoms with E-state index in [-0.39, 0.29) is 11.7 Å². The molecular formula is C14H15F2N3O3S. The van der Waals surface area contributed by atoms with Crippen LogP contribution in [0, 0.1) is 11.6 Å². The third kappa shape index (κ3) is 3.50. The molecule has 0 bridgehead atoms. The van der Waals surface area contributed by atoms with Crippen LogP contribution in [0.15, 0.2) is 35.5 Å². The standard InChI is InChI=1S/C14H15F2N3O3S/c15-10-1-2-14(13(16)7-10)23(20,21)18-11-8-17-19(9-11)12-3-5-22-6-4-12/h1-2,7-9,12,18H,3-6H2. The number of hydrogen-bond acceptors (Lipinski definition) is 4. The van der Waals surface area contributed by atoms with Crippen LogP contribution in [0.2, 0.25) is 0 Å². The quantitative estimate of drug-likeness (QED) is 0.925. The molecule has 0 radical (unpaired) electrons. The Labute approximate surface area is 132 Å². The molecule has 3 rings (SSSR count). The van der Waals surface area contributed by atoms with Crippen molar-refractivity contribution in [2.75, 3.05) is 17.9 Å². The molecule has 6 nitrogen and oxygen atoms in total. The Morgan fingerprint density at radius 2 is 2.00 bits per heavy atom. The number of halogens is 2. The van der Waals surface area contributed by atoms with Crippen LogP contribution in [-0.4, -0.2) is 31.4 Å². The first-order valence-corrected chi connectivity index (χ1v) is 8.54. The maximum absolute atomic E-state index is 13.7. The van der Waals surface area contributed by atoms with Crippen LogP contribution >= 0.6 is 0 Å². The molecule has 0 saturated carbocycles. The Hall–Kier alpha value is -2.00. The van der Waals surface area contributed by atoms with Gasteiger partial charge in [0.25, 0.3) is 10.0 Å². The van der Waals surface area contributed by atoms with Crippen LogP contribution in [-0.2, 0) is 14.8 Å². The molecule has 1 aliphatic heterocycles. The van der Waals surface area contributed by atoms with Crippen molar-refractivity contribution in [3.63, 3.8) is 0 Å². The van der Waals surface area contributed by atoms with Crippen molar-refractivity contribution in [2.24, 2.45) is 0 Å². The predicted octanol–water partition coefficient (Wildman–Crippen LogP) is 2.31. The van der Waals surface area contributed by atoms with E-state index in [9.17, 15) is 17.2 Å². The van der Waals surface area contributed by atoms with E-state index >= 15 is 0 Å². The molecule has 1 N–H and O–H groups in total. The van der Waals surface area contributed by atoms with Gasteiger partial charge < -0.3 is 4.74 Å². The van der Waals surface area contributed by atoms with Gasteiger partial charge in [0.1, 0.15) is 16.5 Å². The topological polar surface area (TPSA) is 73.2 Å². The molecular weight excluding hydrogens is 328 g/mol. The number of ether oxygens (including phenoxy) is 1. The van der Waals surface area contributed by atoms with Gasteiger partial charge in [-0.05, 0) is 25.0 Å². The summed E-state index contributed by atoms with van der Waals surface area (Å²) in [5.41, 5.74) is 0.222. The Balaban J connectivity index is 1.79. The summed E-state index contributed by atoms with van der Waals surface area (Å²) in [5.74, 6) is -1.98. The Kier molecular flexibility index (Phi) is 4.31. The van der Waals surface area contributed by atoms with Crippen molar-refractivity contribution in [3.05, 3.63) is 42.2 Å². The van der Waals surface area contributed by atoms with Gasteiger partial charge in [0, 0.05) is 25.5 Å². The third-order valence-corrected chi connectivity index (χ3v) is 5.02. The molecule has 2 aromatic rings. The molecule has 124 valence electrons. The Bertz CT molecular complexity index is 801. The van der Waals surface area contributed by atoms with Crippen molar-refractivity contribution >= 4 is 15.7 Å². The maximum Gasteiger partial charge on any atom is 0.264 e. The number of aromatic nitrogens is 2. The van der Waals surface area contributed by atoms with Gasteiger partial charge >= 0.3 is 0 Å². The Morgan fingerprint density at radius 1 is 1.26 bits per heavy atom. The number of nitrogens with one attached hydrogen (secondary N) is 1. The van der Waals surface area contributed by atoms with E-state index < -0.39 is 26.6 Å². The van der Waals surface area contributed by atoms with Crippen molar-refractivity contribution in [3.8, 4) is 0 Å². The summed E-state index contributed by atoms with van der Waals surface area (Å²) >= 11 is 0. The molecule has 9 heteroatoms. The van der Waals surface area contributed by atoms with E-state index in [1.165, 1.54) is 6.20 Å². The molecule has 0 amide bonds. The first kappa shape index (κ1) is 15.9. The van der Waals surface area contributed by atoms with Crippen molar-refractivity contribution < 1.29 is 21.9 Å². The number of sulfonamides is 1. The second-order valence-corrected chi connectivity index (χ2v) is 6.88. The van der Waals surface area contributed by atoms with Crippen molar-refractivity contribution in [1.82, 2.24) is 9.78 Å². The van der Waals surface area contributed by atoms with Crippen molar-refractivity contribution in [1.29, 1.82) is 0 Å². The molecule has 1 fully saturated rings. The van der Waals surface area contributed by atoms with Gasteiger partial charge in [-0.15, -0.1) is 0 Å². The molecule has 0 spiro atoms. The van der Waals surface area contributed by atoms with Crippen molar-refractivity contribution in [2.45, 2.75) is 23.8 Å². The molecule has 0 unspecified atom stereocenters. The largest absolute Gasteiger partial charge is 0.381 e. The van der Waals surface area contributed by atoms with Crippen LogP contribution in [0.3, 0.4) is 0 Å². The van der Waals surface area contributed by atoms with Gasteiger partial charge in [-0.3, -0.25) is 9.40 Å². The monoisotopic (exact) mass is 343 g/mol. The average Bonchev–Trinajstić information content (AvgIpc) is 2.95. The summed E-state index contributed by atoms with van der Waals surface area (Å²) in [7, 11) is -4.15. The molecule has 0 aliphatic carbocycles. The maximum atomic E-state index is 13.7. The van der Waals surface area contributed by atoms with Crippen LogP contribution in [0.25, 0.3) is 0 Å². The smallest absolute Gasteiger partial charge is 0.264 e. The number of nitrogens with zero attached hydrogens (tertiary/aromatic N) is 2. The van der Waals surface area contributed by atoms with E-state index in [0.717, 1.165) is 25.0 Å². The molecule has 0 atom stereocenters. The van der Waals surface area contributed by atoms with Crippen LogP contribution in [0.1, 0.15) is 18.9 Å². The van der Waals surface area contributed by atoms with Gasteiger partial charge in [0.2, 0.25) is 0 Å². The van der Waals surface area contributed by atoms with Gasteiger partial charge in [0.15, 0.2) is 0 Å². The first-order valence-electron chi connectivity index (χ1n) is 7.05. The molecule has 1 aromatic carbocycles. The van der Waals surface area contributed by atoms with Gasteiger partial charge in [-0.2, -0.15) is 5.10 Å². The highest BCUT2D eigenvalue weighted by atomic mass is 32.2. The lowest BCUT2D eigenvalue weighted by Crippen LogP contribution is -2.20. The number of rotatable bonds is 4. The lowest BCUT2D eigenvalue weighted by molar-refractivity contribution is 0.0662. The van der Waals surface area contributed by atoms with E-state index in [0.29, 0.717) is 19.3 Å². The van der Waals surface area contributed by atoms with Crippen LogP contribution in [0.5, 0.6) is 0 Å².